The van der Waals surface area contributed by atoms with E-state index in [0.717, 1.165) is 13.5 Å². The highest BCUT2D eigenvalue weighted by Crippen LogP contribution is 2.37. The molecule has 0 bridgehead atoms. The van der Waals surface area contributed by atoms with Gasteiger partial charge in [-0.15, -0.1) is 22.7 Å². The Balaban J connectivity index is 2.06. The molecule has 0 saturated carbocycles. The van der Waals surface area contributed by atoms with Crippen LogP contribution in [0.4, 0.5) is 17.6 Å². The van der Waals surface area contributed by atoms with E-state index in [1.165, 1.54) is 28.7 Å². The van der Waals surface area contributed by atoms with Crippen molar-refractivity contribution in [1.29, 1.82) is 5.26 Å². The van der Waals surface area contributed by atoms with Gasteiger partial charge in [-0.25, -0.2) is 8.78 Å². The molecule has 3 aromatic heterocycles. The number of nitrogens with zero attached hydrogens (tertiary/aromatic N) is 2. The van der Waals surface area contributed by atoms with Crippen molar-refractivity contribution < 1.29 is 17.6 Å². The molecule has 0 amide bonds. The van der Waals surface area contributed by atoms with Gasteiger partial charge in [0.1, 0.15) is 6.07 Å². The monoisotopic (exact) mass is 444 g/mol. The first kappa shape index (κ1) is 17.8. The van der Waals surface area contributed by atoms with E-state index in [9.17, 15) is 22.8 Å². The fourth-order valence-electron chi connectivity index (χ4n) is 2.04. The van der Waals surface area contributed by atoms with Gasteiger partial charge < -0.3 is 0 Å². The van der Waals surface area contributed by atoms with Crippen molar-refractivity contribution in [2.24, 2.45) is 0 Å². The van der Waals surface area contributed by atoms with E-state index in [-0.39, 0.29) is 0 Å². The normalized spacial score (nSPS) is 11.6. The third-order valence-corrected chi connectivity index (χ3v) is 5.97. The lowest BCUT2D eigenvalue weighted by Crippen LogP contribution is -2.05. The fourth-order valence-corrected chi connectivity index (χ4v) is 4.46. The van der Waals surface area contributed by atoms with Gasteiger partial charge in [-0.3, -0.25) is 0 Å². The van der Waals surface area contributed by atoms with Gasteiger partial charge >= 0.3 is 0 Å². The summed E-state index contributed by atoms with van der Waals surface area (Å²) in [5, 5.41) is 9.18. The van der Waals surface area contributed by atoms with Gasteiger partial charge in [-0.1, -0.05) is 0 Å². The number of allylic oxidation sites excluding steroid dienone is 1. The number of nitriles is 1. The molecule has 0 aliphatic carbocycles. The Bertz CT molecular complexity index is 1010. The number of hydrogen-bond acceptors (Lipinski definition) is 4. The van der Waals surface area contributed by atoms with Gasteiger partial charge in [0, 0.05) is 14.6 Å². The summed E-state index contributed by atoms with van der Waals surface area (Å²) in [6.45, 7) is 0. The molecule has 0 spiro atoms. The first-order chi connectivity index (χ1) is 11.9. The molecular weight excluding hydrogens is 440 g/mol. The zero-order valence-corrected chi connectivity index (χ0v) is 15.2. The van der Waals surface area contributed by atoms with E-state index in [2.05, 4.69) is 20.9 Å². The lowest BCUT2D eigenvalue weighted by Gasteiger charge is -2.04. The minimum atomic E-state index is -1.80. The Morgan fingerprint density at radius 3 is 2.16 bits per heavy atom. The van der Waals surface area contributed by atoms with Gasteiger partial charge in [-0.05, 0) is 46.3 Å². The van der Waals surface area contributed by atoms with Crippen LogP contribution >= 0.6 is 38.6 Å². The SMILES string of the molecule is N#C/C(=C\c1ccc(-c2ccc(Br)s2)s1)c1c(F)c(F)nc(F)c1F. The van der Waals surface area contributed by atoms with E-state index in [0.29, 0.717) is 4.88 Å². The Hall–Kier alpha value is -2.02. The maximum atomic E-state index is 13.8. The second-order valence-corrected chi connectivity index (χ2v) is 8.25. The molecule has 0 saturated heterocycles. The highest BCUT2D eigenvalue weighted by atomic mass is 79.9. The molecule has 0 aliphatic heterocycles. The molecule has 0 unspecified atom stereocenters. The van der Waals surface area contributed by atoms with Crippen molar-refractivity contribution in [1.82, 2.24) is 4.98 Å². The molecule has 0 aromatic carbocycles. The van der Waals surface area contributed by atoms with Crippen molar-refractivity contribution in [3.05, 3.63) is 62.0 Å². The van der Waals surface area contributed by atoms with Crippen LogP contribution in [0.5, 0.6) is 0 Å². The van der Waals surface area contributed by atoms with Crippen LogP contribution in [0.15, 0.2) is 28.1 Å². The summed E-state index contributed by atoms with van der Waals surface area (Å²) in [5.74, 6) is -7.01. The molecule has 0 aliphatic rings. The predicted octanol–water partition coefficient (Wildman–Crippen LogP) is 6.25. The van der Waals surface area contributed by atoms with Crippen LogP contribution in [-0.2, 0) is 0 Å². The van der Waals surface area contributed by atoms with Crippen molar-refractivity contribution in [3.63, 3.8) is 0 Å². The number of hydrogen-bond donors (Lipinski definition) is 0. The van der Waals surface area contributed by atoms with Gasteiger partial charge in [-0.2, -0.15) is 19.0 Å². The summed E-state index contributed by atoms with van der Waals surface area (Å²) in [6, 6.07) is 8.78. The molecule has 9 heteroatoms. The van der Waals surface area contributed by atoms with Crippen LogP contribution in [0.25, 0.3) is 21.4 Å². The summed E-state index contributed by atoms with van der Waals surface area (Å²) >= 11 is 6.13. The van der Waals surface area contributed by atoms with Crippen LogP contribution < -0.4 is 0 Å². The third-order valence-electron chi connectivity index (χ3n) is 3.12. The minimum Gasteiger partial charge on any atom is -0.201 e. The number of aromatic nitrogens is 1. The summed E-state index contributed by atoms with van der Waals surface area (Å²) in [5.41, 5.74) is -1.60. The van der Waals surface area contributed by atoms with Crippen molar-refractivity contribution >= 4 is 50.3 Å². The number of thiophene rings is 2. The largest absolute Gasteiger partial charge is 0.252 e. The van der Waals surface area contributed by atoms with Crippen LogP contribution in [0.3, 0.4) is 0 Å². The number of rotatable bonds is 3. The van der Waals surface area contributed by atoms with Crippen LogP contribution in [-0.4, -0.2) is 4.98 Å². The summed E-state index contributed by atoms with van der Waals surface area (Å²) < 4.78 is 55.1. The molecule has 0 N–H and O–H groups in total. The van der Waals surface area contributed by atoms with Gasteiger partial charge in [0.2, 0.25) is 0 Å². The summed E-state index contributed by atoms with van der Waals surface area (Å²) in [6.07, 6.45) is 1.18. The molecule has 126 valence electrons. The summed E-state index contributed by atoms with van der Waals surface area (Å²) in [4.78, 5) is 4.84. The molecule has 0 atom stereocenters. The molecule has 2 nitrogen and oxygen atoms in total. The molecule has 0 radical (unpaired) electrons. The Morgan fingerprint density at radius 2 is 1.60 bits per heavy atom. The summed E-state index contributed by atoms with van der Waals surface area (Å²) in [7, 11) is 0. The topological polar surface area (TPSA) is 36.7 Å². The fraction of sp³-hybridized carbons (Fsp3) is 0. The maximum Gasteiger partial charge on any atom is 0.252 e. The molecule has 3 rings (SSSR count). The Kier molecular flexibility index (Phi) is 5.03. The van der Waals surface area contributed by atoms with Gasteiger partial charge in [0.05, 0.1) is 14.9 Å². The minimum absolute atomic E-state index is 0.507. The van der Waals surface area contributed by atoms with Crippen molar-refractivity contribution in [3.8, 4) is 15.8 Å². The molecular formula is C16H5BrF4N2S2. The second-order valence-electron chi connectivity index (χ2n) is 4.67. The smallest absolute Gasteiger partial charge is 0.201 e. The lowest BCUT2D eigenvalue weighted by molar-refractivity contribution is 0.404. The number of halogens is 5. The molecule has 0 fully saturated rings. The lowest BCUT2D eigenvalue weighted by atomic mass is 10.1. The third kappa shape index (κ3) is 3.51. The zero-order valence-electron chi connectivity index (χ0n) is 12.0. The van der Waals surface area contributed by atoms with Gasteiger partial charge in [0.25, 0.3) is 11.9 Å². The van der Waals surface area contributed by atoms with Crippen LogP contribution in [0.1, 0.15) is 10.4 Å². The van der Waals surface area contributed by atoms with E-state index in [1.807, 2.05) is 12.1 Å². The molecule has 3 heterocycles. The van der Waals surface area contributed by atoms with E-state index >= 15 is 0 Å². The Labute approximate surface area is 155 Å². The van der Waals surface area contributed by atoms with E-state index < -0.39 is 34.7 Å². The second kappa shape index (κ2) is 7.07. The van der Waals surface area contributed by atoms with E-state index in [4.69, 9.17) is 0 Å². The Morgan fingerprint density at radius 1 is 1.00 bits per heavy atom. The quantitative estimate of drug-likeness (QED) is 0.271. The number of pyridine rings is 1. The van der Waals surface area contributed by atoms with Gasteiger partial charge in [0.15, 0.2) is 11.6 Å². The van der Waals surface area contributed by atoms with Crippen LogP contribution in [0.2, 0.25) is 0 Å². The first-order valence-corrected chi connectivity index (χ1v) is 9.01. The van der Waals surface area contributed by atoms with Crippen molar-refractivity contribution in [2.75, 3.05) is 0 Å². The maximum absolute atomic E-state index is 13.8. The highest BCUT2D eigenvalue weighted by molar-refractivity contribution is 9.11. The first-order valence-electron chi connectivity index (χ1n) is 6.58. The standard InChI is InChI=1S/C16H5BrF4N2S2/c17-11-4-3-10(25-11)9-2-1-8(24-9)5-7(6-22)12-13(18)15(20)23-16(21)14(12)19/h1-5H/b7-5+. The predicted molar refractivity (Wildman–Crippen MR) is 92.9 cm³/mol. The van der Waals surface area contributed by atoms with Crippen molar-refractivity contribution in [2.45, 2.75) is 0 Å². The van der Waals surface area contributed by atoms with Crippen LogP contribution in [0, 0.1) is 34.9 Å². The molecule has 3 aromatic rings. The average Bonchev–Trinajstić information content (AvgIpc) is 3.21. The average molecular weight is 445 g/mol. The van der Waals surface area contributed by atoms with E-state index in [1.54, 1.807) is 18.2 Å². The molecule has 25 heavy (non-hydrogen) atoms. The highest BCUT2D eigenvalue weighted by Gasteiger charge is 2.23. The zero-order chi connectivity index (χ0) is 18.1.